The van der Waals surface area contributed by atoms with Gasteiger partial charge >= 0.3 is 0 Å². The average molecular weight is 383 g/mol. The lowest BCUT2D eigenvalue weighted by Gasteiger charge is -2.19. The zero-order chi connectivity index (χ0) is 20.1. The highest BCUT2D eigenvalue weighted by Crippen LogP contribution is 2.44. The minimum Gasteiger partial charge on any atom is -0.496 e. The van der Waals surface area contributed by atoms with Crippen LogP contribution in [-0.4, -0.2) is 45.9 Å². The van der Waals surface area contributed by atoms with Gasteiger partial charge in [-0.3, -0.25) is 4.90 Å². The zero-order valence-corrected chi connectivity index (χ0v) is 17.4. The molecule has 0 radical (unpaired) electrons. The standard InChI is InChI=1S/C23H29NO4/c1-16(2)9-10-24-11-12-28-23-18(15-24)13-17(14-21(23)27-5)22-19(25-3)7-6-8-20(22)26-4/h6-9,13-14H,10-12,15H2,1-5H3. The number of benzene rings is 2. The Kier molecular flexibility index (Phi) is 6.47. The number of ether oxygens (including phenoxy) is 4. The fraction of sp³-hybridized carbons (Fsp3) is 0.391. The Morgan fingerprint density at radius 3 is 2.32 bits per heavy atom. The van der Waals surface area contributed by atoms with Crippen molar-refractivity contribution < 1.29 is 18.9 Å². The quantitative estimate of drug-likeness (QED) is 0.685. The van der Waals surface area contributed by atoms with Crippen LogP contribution < -0.4 is 18.9 Å². The van der Waals surface area contributed by atoms with Crippen LogP contribution in [0.4, 0.5) is 0 Å². The van der Waals surface area contributed by atoms with E-state index in [0.29, 0.717) is 6.61 Å². The van der Waals surface area contributed by atoms with Crippen LogP contribution in [0.1, 0.15) is 19.4 Å². The van der Waals surface area contributed by atoms with Crippen molar-refractivity contribution in [1.29, 1.82) is 0 Å². The van der Waals surface area contributed by atoms with E-state index in [4.69, 9.17) is 18.9 Å². The van der Waals surface area contributed by atoms with Gasteiger partial charge < -0.3 is 18.9 Å². The molecule has 0 N–H and O–H groups in total. The number of hydrogen-bond donors (Lipinski definition) is 0. The molecule has 0 unspecified atom stereocenters. The van der Waals surface area contributed by atoms with Crippen LogP contribution in [-0.2, 0) is 6.54 Å². The summed E-state index contributed by atoms with van der Waals surface area (Å²) in [7, 11) is 5.01. The number of hydrogen-bond acceptors (Lipinski definition) is 5. The summed E-state index contributed by atoms with van der Waals surface area (Å²) in [6, 6.07) is 9.94. The fourth-order valence-corrected chi connectivity index (χ4v) is 3.44. The summed E-state index contributed by atoms with van der Waals surface area (Å²) in [5, 5.41) is 0. The molecule has 0 amide bonds. The molecule has 0 saturated heterocycles. The van der Waals surface area contributed by atoms with Crippen LogP contribution in [0.25, 0.3) is 11.1 Å². The molecular formula is C23H29NO4. The van der Waals surface area contributed by atoms with E-state index in [2.05, 4.69) is 30.9 Å². The van der Waals surface area contributed by atoms with Gasteiger partial charge in [-0.15, -0.1) is 0 Å². The maximum atomic E-state index is 6.06. The van der Waals surface area contributed by atoms with Crippen molar-refractivity contribution >= 4 is 0 Å². The first kappa shape index (κ1) is 20.1. The third-order valence-corrected chi connectivity index (χ3v) is 4.87. The maximum Gasteiger partial charge on any atom is 0.165 e. The number of nitrogens with zero attached hydrogens (tertiary/aromatic N) is 1. The second-order valence-electron chi connectivity index (χ2n) is 7.07. The van der Waals surface area contributed by atoms with E-state index in [1.54, 1.807) is 21.3 Å². The summed E-state index contributed by atoms with van der Waals surface area (Å²) in [5.41, 5.74) is 4.31. The summed E-state index contributed by atoms with van der Waals surface area (Å²) in [6.45, 7) is 7.44. The third-order valence-electron chi connectivity index (χ3n) is 4.87. The fourth-order valence-electron chi connectivity index (χ4n) is 3.44. The van der Waals surface area contributed by atoms with Gasteiger partial charge in [0.2, 0.25) is 0 Å². The lowest BCUT2D eigenvalue weighted by molar-refractivity contribution is 0.237. The van der Waals surface area contributed by atoms with Crippen molar-refractivity contribution in [3.8, 4) is 34.1 Å². The van der Waals surface area contributed by atoms with Crippen molar-refractivity contribution in [2.45, 2.75) is 20.4 Å². The van der Waals surface area contributed by atoms with E-state index in [1.165, 1.54) is 5.57 Å². The molecule has 1 heterocycles. The lowest BCUT2D eigenvalue weighted by Crippen LogP contribution is -2.25. The monoisotopic (exact) mass is 383 g/mol. The van der Waals surface area contributed by atoms with E-state index in [-0.39, 0.29) is 0 Å². The lowest BCUT2D eigenvalue weighted by atomic mass is 9.99. The number of rotatable bonds is 6. The van der Waals surface area contributed by atoms with Crippen LogP contribution in [0, 0.1) is 0 Å². The highest BCUT2D eigenvalue weighted by molar-refractivity contribution is 5.79. The molecule has 3 rings (SSSR count). The molecule has 0 aromatic heterocycles. The van der Waals surface area contributed by atoms with E-state index in [1.807, 2.05) is 24.3 Å². The highest BCUT2D eigenvalue weighted by Gasteiger charge is 2.22. The van der Waals surface area contributed by atoms with Crippen LogP contribution in [0.5, 0.6) is 23.0 Å². The second kappa shape index (κ2) is 9.02. The SMILES string of the molecule is COc1cc(-c2c(OC)cccc2OC)cc2c1OCCN(CC=C(C)C)C2. The minimum atomic E-state index is 0.636. The Bertz CT molecular complexity index is 834. The number of allylic oxidation sites excluding steroid dienone is 1. The molecule has 0 saturated carbocycles. The molecule has 0 bridgehead atoms. The summed E-state index contributed by atoms with van der Waals surface area (Å²) in [5.74, 6) is 3.07. The van der Waals surface area contributed by atoms with Crippen LogP contribution in [0.15, 0.2) is 42.0 Å². The van der Waals surface area contributed by atoms with E-state index < -0.39 is 0 Å². The van der Waals surface area contributed by atoms with Crippen molar-refractivity contribution in [3.05, 3.63) is 47.5 Å². The molecule has 1 aliphatic heterocycles. The highest BCUT2D eigenvalue weighted by atomic mass is 16.5. The summed E-state index contributed by atoms with van der Waals surface area (Å²) < 4.78 is 22.9. The minimum absolute atomic E-state index is 0.636. The van der Waals surface area contributed by atoms with Crippen molar-refractivity contribution in [2.24, 2.45) is 0 Å². The normalized spacial score (nSPS) is 13.8. The third kappa shape index (κ3) is 4.25. The van der Waals surface area contributed by atoms with E-state index in [0.717, 1.165) is 59.3 Å². The molecule has 0 atom stereocenters. The molecule has 5 nitrogen and oxygen atoms in total. The van der Waals surface area contributed by atoms with Crippen molar-refractivity contribution in [3.63, 3.8) is 0 Å². The first-order valence-corrected chi connectivity index (χ1v) is 9.48. The molecule has 0 fully saturated rings. The van der Waals surface area contributed by atoms with E-state index in [9.17, 15) is 0 Å². The predicted octanol–water partition coefficient (Wildman–Crippen LogP) is 4.54. The zero-order valence-electron chi connectivity index (χ0n) is 17.4. The molecule has 150 valence electrons. The number of fused-ring (bicyclic) bond motifs is 1. The molecule has 2 aromatic rings. The average Bonchev–Trinajstić information content (AvgIpc) is 2.92. The molecule has 28 heavy (non-hydrogen) atoms. The van der Waals surface area contributed by atoms with Gasteiger partial charge in [0.25, 0.3) is 0 Å². The Hall–Kier alpha value is -2.66. The molecule has 1 aliphatic rings. The van der Waals surface area contributed by atoms with Gasteiger partial charge in [-0.25, -0.2) is 0 Å². The van der Waals surface area contributed by atoms with Crippen molar-refractivity contribution in [1.82, 2.24) is 4.90 Å². The number of methoxy groups -OCH3 is 3. The smallest absolute Gasteiger partial charge is 0.165 e. The first-order chi connectivity index (χ1) is 13.6. The Morgan fingerprint density at radius 2 is 1.71 bits per heavy atom. The first-order valence-electron chi connectivity index (χ1n) is 9.48. The molecule has 2 aromatic carbocycles. The summed E-state index contributed by atoms with van der Waals surface area (Å²) in [6.07, 6.45) is 2.25. The predicted molar refractivity (Wildman–Crippen MR) is 112 cm³/mol. The van der Waals surface area contributed by atoms with Gasteiger partial charge in [-0.1, -0.05) is 17.7 Å². The van der Waals surface area contributed by atoms with Gasteiger partial charge in [-0.2, -0.15) is 0 Å². The van der Waals surface area contributed by atoms with Crippen molar-refractivity contribution in [2.75, 3.05) is 41.0 Å². The topological polar surface area (TPSA) is 40.2 Å². The Balaban J connectivity index is 2.09. The van der Waals surface area contributed by atoms with Crippen LogP contribution >= 0.6 is 0 Å². The van der Waals surface area contributed by atoms with Gasteiger partial charge in [0.1, 0.15) is 18.1 Å². The molecule has 0 spiro atoms. The van der Waals surface area contributed by atoms with Gasteiger partial charge in [0, 0.05) is 25.2 Å². The molecule has 0 aliphatic carbocycles. The Labute approximate surface area is 167 Å². The molecule has 5 heteroatoms. The second-order valence-corrected chi connectivity index (χ2v) is 7.07. The Morgan fingerprint density at radius 1 is 1.04 bits per heavy atom. The summed E-state index contributed by atoms with van der Waals surface area (Å²) in [4.78, 5) is 2.38. The largest absolute Gasteiger partial charge is 0.496 e. The van der Waals surface area contributed by atoms with Crippen LogP contribution in [0.3, 0.4) is 0 Å². The van der Waals surface area contributed by atoms with E-state index >= 15 is 0 Å². The maximum absolute atomic E-state index is 6.06. The van der Waals surface area contributed by atoms with Gasteiger partial charge in [-0.05, 0) is 43.7 Å². The van der Waals surface area contributed by atoms with Crippen LogP contribution in [0.2, 0.25) is 0 Å². The van der Waals surface area contributed by atoms with Gasteiger partial charge in [0.05, 0.1) is 26.9 Å². The van der Waals surface area contributed by atoms with Gasteiger partial charge in [0.15, 0.2) is 11.5 Å². The molecular weight excluding hydrogens is 354 g/mol. The summed E-state index contributed by atoms with van der Waals surface area (Å²) >= 11 is 0.